The number of ether oxygens (including phenoxy) is 1. The lowest BCUT2D eigenvalue weighted by Crippen LogP contribution is -2.30. The third-order valence-corrected chi connectivity index (χ3v) is 4.05. The molecule has 2 aliphatic rings. The molecule has 1 aliphatic carbocycles. The Morgan fingerprint density at radius 1 is 1.25 bits per heavy atom. The number of benzene rings is 1. The summed E-state index contributed by atoms with van der Waals surface area (Å²) in [5, 5.41) is 3.63. The molecule has 86 valence electrons. The quantitative estimate of drug-likeness (QED) is 0.819. The minimum absolute atomic E-state index is 0.749. The largest absolute Gasteiger partial charge is 0.497 e. The molecule has 1 N–H and O–H groups in total. The van der Waals surface area contributed by atoms with E-state index in [4.69, 9.17) is 4.74 Å². The van der Waals surface area contributed by atoms with E-state index in [1.165, 1.54) is 43.4 Å². The van der Waals surface area contributed by atoms with E-state index in [-0.39, 0.29) is 0 Å². The normalized spacial score (nSPS) is 28.1. The van der Waals surface area contributed by atoms with Gasteiger partial charge >= 0.3 is 0 Å². The van der Waals surface area contributed by atoms with Gasteiger partial charge in [-0.3, -0.25) is 0 Å². The monoisotopic (exact) mass is 217 g/mol. The molecule has 0 spiro atoms. The molecule has 2 unspecified atom stereocenters. The highest BCUT2D eigenvalue weighted by Gasteiger charge is 2.30. The predicted molar refractivity (Wildman–Crippen MR) is 64.9 cm³/mol. The Kier molecular flexibility index (Phi) is 2.60. The lowest BCUT2D eigenvalue weighted by atomic mass is 9.95. The van der Waals surface area contributed by atoms with E-state index in [1.807, 2.05) is 0 Å². The Bertz CT molecular complexity index is 382. The van der Waals surface area contributed by atoms with Crippen molar-refractivity contribution >= 4 is 0 Å². The molecule has 0 bridgehead atoms. The van der Waals surface area contributed by atoms with Gasteiger partial charge in [0, 0.05) is 6.04 Å². The van der Waals surface area contributed by atoms with Gasteiger partial charge in [-0.1, -0.05) is 6.07 Å². The highest BCUT2D eigenvalue weighted by atomic mass is 16.5. The van der Waals surface area contributed by atoms with Crippen molar-refractivity contribution in [2.45, 2.75) is 31.7 Å². The van der Waals surface area contributed by atoms with Crippen molar-refractivity contribution in [1.29, 1.82) is 0 Å². The third kappa shape index (κ3) is 1.71. The zero-order valence-electron chi connectivity index (χ0n) is 9.83. The van der Waals surface area contributed by atoms with Crippen molar-refractivity contribution in [2.24, 2.45) is 5.92 Å². The van der Waals surface area contributed by atoms with Crippen molar-refractivity contribution in [3.63, 3.8) is 0 Å². The van der Waals surface area contributed by atoms with E-state index in [0.29, 0.717) is 0 Å². The second-order valence-corrected chi connectivity index (χ2v) is 5.01. The topological polar surface area (TPSA) is 21.3 Å². The second-order valence-electron chi connectivity index (χ2n) is 5.01. The molecule has 3 rings (SSSR count). The molecule has 1 saturated heterocycles. The van der Waals surface area contributed by atoms with Gasteiger partial charge < -0.3 is 10.1 Å². The summed E-state index contributed by atoms with van der Waals surface area (Å²) in [5.74, 6) is 1.81. The van der Waals surface area contributed by atoms with Crippen LogP contribution >= 0.6 is 0 Å². The number of rotatable bonds is 2. The van der Waals surface area contributed by atoms with Crippen LogP contribution in [0, 0.1) is 5.92 Å². The van der Waals surface area contributed by atoms with Gasteiger partial charge in [0.05, 0.1) is 7.11 Å². The van der Waals surface area contributed by atoms with Crippen LogP contribution in [0.25, 0.3) is 0 Å². The molecule has 2 heteroatoms. The van der Waals surface area contributed by atoms with E-state index < -0.39 is 0 Å². The summed E-state index contributed by atoms with van der Waals surface area (Å²) in [6.45, 7) is 1.21. The van der Waals surface area contributed by atoms with Gasteiger partial charge in [0.2, 0.25) is 0 Å². The molecule has 1 aromatic rings. The van der Waals surface area contributed by atoms with Gasteiger partial charge in [-0.05, 0) is 61.4 Å². The van der Waals surface area contributed by atoms with E-state index in [0.717, 1.165) is 17.7 Å². The van der Waals surface area contributed by atoms with Crippen LogP contribution in [0.5, 0.6) is 5.75 Å². The van der Waals surface area contributed by atoms with Crippen LogP contribution in [0.2, 0.25) is 0 Å². The SMILES string of the molecule is COc1ccc2c(c1)CC(C1CCCN1)C2. The molecule has 2 nitrogen and oxygen atoms in total. The molecule has 1 aromatic carbocycles. The average molecular weight is 217 g/mol. The van der Waals surface area contributed by atoms with Gasteiger partial charge in [0.15, 0.2) is 0 Å². The first-order chi connectivity index (χ1) is 7.86. The van der Waals surface area contributed by atoms with Crippen LogP contribution in [0.1, 0.15) is 24.0 Å². The molecule has 0 radical (unpaired) electrons. The maximum absolute atomic E-state index is 5.28. The fourth-order valence-electron chi connectivity index (χ4n) is 3.15. The Hall–Kier alpha value is -1.02. The standard InChI is InChI=1S/C14H19NO/c1-16-13-5-4-10-7-12(8-11(10)9-13)14-3-2-6-15-14/h4-5,9,12,14-15H,2-3,6-8H2,1H3. The molecular weight excluding hydrogens is 198 g/mol. The fourth-order valence-corrected chi connectivity index (χ4v) is 3.15. The van der Waals surface area contributed by atoms with E-state index in [1.54, 1.807) is 7.11 Å². The molecule has 16 heavy (non-hydrogen) atoms. The summed E-state index contributed by atoms with van der Waals surface area (Å²) in [4.78, 5) is 0. The summed E-state index contributed by atoms with van der Waals surface area (Å²) in [6.07, 6.45) is 5.18. The molecular formula is C14H19NO. The first kappa shape index (κ1) is 10.2. The van der Waals surface area contributed by atoms with Crippen molar-refractivity contribution in [3.8, 4) is 5.75 Å². The van der Waals surface area contributed by atoms with E-state index >= 15 is 0 Å². The van der Waals surface area contributed by atoms with Crippen molar-refractivity contribution in [3.05, 3.63) is 29.3 Å². The number of methoxy groups -OCH3 is 1. The first-order valence-electron chi connectivity index (χ1n) is 6.26. The van der Waals surface area contributed by atoms with Gasteiger partial charge in [0.1, 0.15) is 5.75 Å². The average Bonchev–Trinajstić information content (AvgIpc) is 2.96. The van der Waals surface area contributed by atoms with Crippen LogP contribution in [0.15, 0.2) is 18.2 Å². The van der Waals surface area contributed by atoms with Crippen LogP contribution < -0.4 is 10.1 Å². The maximum atomic E-state index is 5.28. The molecule has 1 fully saturated rings. The first-order valence-corrected chi connectivity index (χ1v) is 6.26. The summed E-state index contributed by atoms with van der Waals surface area (Å²) in [7, 11) is 1.74. The molecule has 0 saturated carbocycles. The smallest absolute Gasteiger partial charge is 0.119 e. The van der Waals surface area contributed by atoms with Crippen LogP contribution in [-0.2, 0) is 12.8 Å². The lowest BCUT2D eigenvalue weighted by Gasteiger charge is -2.17. The van der Waals surface area contributed by atoms with Gasteiger partial charge in [0.25, 0.3) is 0 Å². The number of nitrogens with one attached hydrogen (secondary N) is 1. The van der Waals surface area contributed by atoms with Crippen LogP contribution in [0.4, 0.5) is 0 Å². The van der Waals surface area contributed by atoms with Crippen molar-refractivity contribution < 1.29 is 4.74 Å². The fraction of sp³-hybridized carbons (Fsp3) is 0.571. The number of hydrogen-bond acceptors (Lipinski definition) is 2. The number of hydrogen-bond donors (Lipinski definition) is 1. The van der Waals surface area contributed by atoms with Crippen molar-refractivity contribution in [2.75, 3.05) is 13.7 Å². The van der Waals surface area contributed by atoms with Crippen LogP contribution in [0.3, 0.4) is 0 Å². The Balaban J connectivity index is 1.77. The molecule has 2 atom stereocenters. The lowest BCUT2D eigenvalue weighted by molar-refractivity contribution is 0.404. The second kappa shape index (κ2) is 4.10. The van der Waals surface area contributed by atoms with Crippen molar-refractivity contribution in [1.82, 2.24) is 5.32 Å². The van der Waals surface area contributed by atoms with Gasteiger partial charge in [-0.15, -0.1) is 0 Å². The van der Waals surface area contributed by atoms with Crippen LogP contribution in [-0.4, -0.2) is 19.7 Å². The summed E-state index contributed by atoms with van der Waals surface area (Å²) in [5.41, 5.74) is 3.03. The van der Waals surface area contributed by atoms with Gasteiger partial charge in [-0.25, -0.2) is 0 Å². The highest BCUT2D eigenvalue weighted by Crippen LogP contribution is 2.33. The zero-order valence-corrected chi connectivity index (χ0v) is 9.83. The molecule has 1 heterocycles. The number of fused-ring (bicyclic) bond motifs is 1. The predicted octanol–water partition coefficient (Wildman–Crippen LogP) is 2.16. The minimum Gasteiger partial charge on any atom is -0.497 e. The Morgan fingerprint density at radius 2 is 2.12 bits per heavy atom. The zero-order chi connectivity index (χ0) is 11.0. The Morgan fingerprint density at radius 3 is 2.88 bits per heavy atom. The third-order valence-electron chi connectivity index (χ3n) is 4.05. The minimum atomic E-state index is 0.749. The maximum Gasteiger partial charge on any atom is 0.119 e. The highest BCUT2D eigenvalue weighted by molar-refractivity contribution is 5.39. The van der Waals surface area contributed by atoms with Gasteiger partial charge in [-0.2, -0.15) is 0 Å². The van der Waals surface area contributed by atoms with E-state index in [9.17, 15) is 0 Å². The molecule has 0 aromatic heterocycles. The summed E-state index contributed by atoms with van der Waals surface area (Å²) < 4.78 is 5.28. The summed E-state index contributed by atoms with van der Waals surface area (Å²) in [6, 6.07) is 7.29. The molecule has 0 amide bonds. The van der Waals surface area contributed by atoms with E-state index in [2.05, 4.69) is 23.5 Å². The Labute approximate surface area is 97.0 Å². The molecule has 1 aliphatic heterocycles. The summed E-state index contributed by atoms with van der Waals surface area (Å²) >= 11 is 0.